The van der Waals surface area contributed by atoms with Gasteiger partial charge in [-0.05, 0) is 19.4 Å². The first-order chi connectivity index (χ1) is 10.6. The number of rotatable bonds is 3. The third-order valence-corrected chi connectivity index (χ3v) is 3.47. The fraction of sp³-hybridized carbons (Fsp3) is 0.188. The van der Waals surface area contributed by atoms with Crippen molar-refractivity contribution in [1.82, 2.24) is 15.3 Å². The van der Waals surface area contributed by atoms with Crippen molar-refractivity contribution in [3.05, 3.63) is 63.4 Å². The van der Waals surface area contributed by atoms with Gasteiger partial charge >= 0.3 is 0 Å². The molecule has 22 heavy (non-hydrogen) atoms. The Morgan fingerprint density at radius 2 is 2.00 bits per heavy atom. The molecule has 0 unspecified atom stereocenters. The number of carbonyl (C=O) groups excluding carboxylic acids is 1. The standard InChI is InChI=1S/C16H15N3O3/c1-9-3-5-11(6-4-9)7-17-14(20)12-10(2)22-16-13(12)15(21)18-8-19-16/h3-6,8H,7H2,1-2H3,(H,17,20)(H,18,19,21). The molecule has 0 aliphatic carbocycles. The summed E-state index contributed by atoms with van der Waals surface area (Å²) in [5.74, 6) is 0.0240. The van der Waals surface area contributed by atoms with E-state index in [4.69, 9.17) is 4.42 Å². The Hall–Kier alpha value is -2.89. The van der Waals surface area contributed by atoms with Crippen LogP contribution in [-0.2, 0) is 6.54 Å². The lowest BCUT2D eigenvalue weighted by Gasteiger charge is -2.05. The normalized spacial score (nSPS) is 10.8. The number of aryl methyl sites for hydroxylation is 2. The second-order valence-corrected chi connectivity index (χ2v) is 5.11. The van der Waals surface area contributed by atoms with Gasteiger partial charge in [0.25, 0.3) is 11.5 Å². The molecule has 1 aromatic carbocycles. The number of nitrogens with one attached hydrogen (secondary N) is 2. The molecule has 3 rings (SSSR count). The zero-order valence-corrected chi connectivity index (χ0v) is 12.3. The van der Waals surface area contributed by atoms with Crippen LogP contribution >= 0.6 is 0 Å². The maximum atomic E-state index is 12.4. The molecule has 3 aromatic rings. The molecule has 0 aliphatic rings. The lowest BCUT2D eigenvalue weighted by molar-refractivity contribution is 0.0950. The number of aromatic nitrogens is 2. The Bertz CT molecular complexity index is 891. The van der Waals surface area contributed by atoms with E-state index in [-0.39, 0.29) is 28.1 Å². The molecular formula is C16H15N3O3. The molecule has 6 heteroatoms. The highest BCUT2D eigenvalue weighted by Crippen LogP contribution is 2.20. The molecule has 0 aliphatic heterocycles. The van der Waals surface area contributed by atoms with E-state index in [1.807, 2.05) is 31.2 Å². The minimum Gasteiger partial charge on any atom is -0.442 e. The Kier molecular flexibility index (Phi) is 3.50. The van der Waals surface area contributed by atoms with Crippen molar-refractivity contribution < 1.29 is 9.21 Å². The molecule has 6 nitrogen and oxygen atoms in total. The van der Waals surface area contributed by atoms with Crippen LogP contribution in [0.2, 0.25) is 0 Å². The fourth-order valence-corrected chi connectivity index (χ4v) is 2.30. The number of hydrogen-bond donors (Lipinski definition) is 2. The van der Waals surface area contributed by atoms with Gasteiger partial charge < -0.3 is 14.7 Å². The number of aromatic amines is 1. The summed E-state index contributed by atoms with van der Waals surface area (Å²) in [6, 6.07) is 7.86. The molecule has 0 saturated carbocycles. The summed E-state index contributed by atoms with van der Waals surface area (Å²) >= 11 is 0. The summed E-state index contributed by atoms with van der Waals surface area (Å²) in [4.78, 5) is 30.7. The van der Waals surface area contributed by atoms with Crippen LogP contribution < -0.4 is 10.9 Å². The lowest BCUT2D eigenvalue weighted by Crippen LogP contribution is -2.24. The van der Waals surface area contributed by atoms with Gasteiger partial charge in [-0.15, -0.1) is 0 Å². The van der Waals surface area contributed by atoms with Gasteiger partial charge in [0.1, 0.15) is 11.1 Å². The average molecular weight is 297 g/mol. The third kappa shape index (κ3) is 2.50. The van der Waals surface area contributed by atoms with E-state index in [0.717, 1.165) is 11.1 Å². The van der Waals surface area contributed by atoms with Crippen molar-refractivity contribution in [2.75, 3.05) is 0 Å². The first-order valence-electron chi connectivity index (χ1n) is 6.87. The summed E-state index contributed by atoms with van der Waals surface area (Å²) in [6.45, 7) is 4.02. The number of hydrogen-bond acceptors (Lipinski definition) is 4. The van der Waals surface area contributed by atoms with Crippen LogP contribution in [0.15, 0.2) is 39.8 Å². The average Bonchev–Trinajstić information content (AvgIpc) is 2.84. The molecule has 112 valence electrons. The summed E-state index contributed by atoms with van der Waals surface area (Å²) in [7, 11) is 0. The highest BCUT2D eigenvalue weighted by molar-refractivity contribution is 6.06. The molecule has 0 fully saturated rings. The quantitative estimate of drug-likeness (QED) is 0.774. The second-order valence-electron chi connectivity index (χ2n) is 5.11. The van der Waals surface area contributed by atoms with Crippen molar-refractivity contribution in [2.45, 2.75) is 20.4 Å². The van der Waals surface area contributed by atoms with Gasteiger partial charge in [0.2, 0.25) is 5.71 Å². The van der Waals surface area contributed by atoms with Gasteiger partial charge in [0.15, 0.2) is 0 Å². The maximum absolute atomic E-state index is 12.4. The molecule has 0 saturated heterocycles. The summed E-state index contributed by atoms with van der Waals surface area (Å²) in [5.41, 5.74) is 2.15. The Balaban J connectivity index is 1.88. The monoisotopic (exact) mass is 297 g/mol. The first-order valence-corrected chi connectivity index (χ1v) is 6.87. The zero-order chi connectivity index (χ0) is 15.7. The molecular weight excluding hydrogens is 282 g/mol. The molecule has 2 heterocycles. The molecule has 2 aromatic heterocycles. The predicted molar refractivity (Wildman–Crippen MR) is 81.7 cm³/mol. The van der Waals surface area contributed by atoms with E-state index >= 15 is 0 Å². The minimum absolute atomic E-state index is 0.168. The Morgan fingerprint density at radius 3 is 2.73 bits per heavy atom. The van der Waals surface area contributed by atoms with Crippen molar-refractivity contribution in [2.24, 2.45) is 0 Å². The number of nitrogens with zero attached hydrogens (tertiary/aromatic N) is 1. The number of H-pyrrole nitrogens is 1. The topological polar surface area (TPSA) is 88.0 Å². The van der Waals surface area contributed by atoms with Crippen molar-refractivity contribution in [3.8, 4) is 0 Å². The Morgan fingerprint density at radius 1 is 1.27 bits per heavy atom. The van der Waals surface area contributed by atoms with E-state index in [9.17, 15) is 9.59 Å². The van der Waals surface area contributed by atoms with E-state index in [1.165, 1.54) is 6.33 Å². The van der Waals surface area contributed by atoms with Crippen LogP contribution in [0.4, 0.5) is 0 Å². The first kappa shape index (κ1) is 14.1. The molecule has 1 amide bonds. The smallest absolute Gasteiger partial charge is 0.262 e. The number of carbonyl (C=O) groups is 1. The summed E-state index contributed by atoms with van der Waals surface area (Å²) in [6.07, 6.45) is 1.25. The van der Waals surface area contributed by atoms with Gasteiger partial charge in [-0.1, -0.05) is 29.8 Å². The van der Waals surface area contributed by atoms with Crippen molar-refractivity contribution in [1.29, 1.82) is 0 Å². The molecule has 0 radical (unpaired) electrons. The van der Waals surface area contributed by atoms with Crippen LogP contribution in [0.25, 0.3) is 11.1 Å². The van der Waals surface area contributed by atoms with Crippen LogP contribution in [0.3, 0.4) is 0 Å². The molecule has 0 atom stereocenters. The molecule has 2 N–H and O–H groups in total. The highest BCUT2D eigenvalue weighted by Gasteiger charge is 2.21. The maximum Gasteiger partial charge on any atom is 0.262 e. The molecule has 0 bridgehead atoms. The van der Waals surface area contributed by atoms with Gasteiger partial charge in [0.05, 0.1) is 11.9 Å². The SMILES string of the molecule is Cc1ccc(CNC(=O)c2c(C)oc3nc[nH]c(=O)c23)cc1. The highest BCUT2D eigenvalue weighted by atomic mass is 16.3. The largest absolute Gasteiger partial charge is 0.442 e. The van der Waals surface area contributed by atoms with E-state index in [1.54, 1.807) is 6.92 Å². The number of amides is 1. The van der Waals surface area contributed by atoms with E-state index < -0.39 is 0 Å². The van der Waals surface area contributed by atoms with Crippen LogP contribution in [0, 0.1) is 13.8 Å². The number of benzene rings is 1. The van der Waals surface area contributed by atoms with Crippen LogP contribution in [-0.4, -0.2) is 15.9 Å². The van der Waals surface area contributed by atoms with Gasteiger partial charge in [0, 0.05) is 6.54 Å². The van der Waals surface area contributed by atoms with Gasteiger partial charge in [-0.25, -0.2) is 4.98 Å². The summed E-state index contributed by atoms with van der Waals surface area (Å²) in [5, 5.41) is 2.98. The van der Waals surface area contributed by atoms with Crippen molar-refractivity contribution in [3.63, 3.8) is 0 Å². The van der Waals surface area contributed by atoms with Crippen LogP contribution in [0.5, 0.6) is 0 Å². The fourth-order valence-electron chi connectivity index (χ4n) is 2.30. The number of fused-ring (bicyclic) bond motifs is 1. The van der Waals surface area contributed by atoms with Crippen molar-refractivity contribution >= 4 is 17.0 Å². The van der Waals surface area contributed by atoms with E-state index in [0.29, 0.717) is 12.3 Å². The predicted octanol–water partition coefficient (Wildman–Crippen LogP) is 2.06. The van der Waals surface area contributed by atoms with Gasteiger partial charge in [-0.3, -0.25) is 9.59 Å². The molecule has 0 spiro atoms. The van der Waals surface area contributed by atoms with Crippen LogP contribution in [0.1, 0.15) is 27.2 Å². The Labute approximate surface area is 126 Å². The second kappa shape index (κ2) is 5.48. The zero-order valence-electron chi connectivity index (χ0n) is 12.3. The van der Waals surface area contributed by atoms with E-state index in [2.05, 4.69) is 15.3 Å². The third-order valence-electron chi connectivity index (χ3n) is 3.47. The lowest BCUT2D eigenvalue weighted by atomic mass is 10.1. The minimum atomic E-state index is -0.387. The number of furan rings is 1. The van der Waals surface area contributed by atoms with Gasteiger partial charge in [-0.2, -0.15) is 0 Å². The summed E-state index contributed by atoms with van der Waals surface area (Å²) < 4.78 is 5.38.